The number of aryl methyl sites for hydroxylation is 1. The summed E-state index contributed by atoms with van der Waals surface area (Å²) in [6.45, 7) is 3.49. The number of amides is 1. The fourth-order valence-corrected chi connectivity index (χ4v) is 3.37. The second kappa shape index (κ2) is 6.66. The summed E-state index contributed by atoms with van der Waals surface area (Å²) in [4.78, 5) is 13.5. The monoisotopic (exact) mass is 362 g/mol. The van der Waals surface area contributed by atoms with Crippen molar-refractivity contribution in [2.45, 2.75) is 19.9 Å². The van der Waals surface area contributed by atoms with E-state index in [1.165, 1.54) is 23.5 Å². The third-order valence-corrected chi connectivity index (χ3v) is 4.81. The van der Waals surface area contributed by atoms with Gasteiger partial charge in [0.15, 0.2) is 10.6 Å². The number of nitrogens with zero attached hydrogens (tertiary/aromatic N) is 2. The number of benzene rings is 1. The Morgan fingerprint density at radius 1 is 1.46 bits per heavy atom. The Balaban J connectivity index is 1.89. The first-order valence-corrected chi connectivity index (χ1v) is 8.54. The van der Waals surface area contributed by atoms with Crippen LogP contribution in [-0.4, -0.2) is 20.7 Å². The van der Waals surface area contributed by atoms with Crippen LogP contribution in [0.25, 0.3) is 10.7 Å². The van der Waals surface area contributed by atoms with Crippen LogP contribution in [0.2, 0.25) is 0 Å². The Morgan fingerprint density at radius 2 is 2.25 bits per heavy atom. The van der Waals surface area contributed by atoms with Gasteiger partial charge in [0.2, 0.25) is 5.91 Å². The van der Waals surface area contributed by atoms with E-state index >= 15 is 0 Å². The lowest BCUT2D eigenvalue weighted by atomic mass is 10.2. The molecular weight excluding hydrogens is 347 g/mol. The number of halogens is 1. The summed E-state index contributed by atoms with van der Waals surface area (Å²) in [6.07, 6.45) is 0. The molecule has 0 fully saturated rings. The van der Waals surface area contributed by atoms with Gasteiger partial charge in [-0.1, -0.05) is 6.07 Å². The Labute approximate surface area is 147 Å². The molecule has 0 saturated heterocycles. The number of anilines is 1. The molecule has 124 valence electrons. The highest BCUT2D eigenvalue weighted by molar-refractivity contribution is 7.71. The van der Waals surface area contributed by atoms with Crippen molar-refractivity contribution in [3.05, 3.63) is 51.9 Å². The number of carbonyl (C=O) groups excluding carboxylic acids is 1. The molecule has 0 saturated carbocycles. The van der Waals surface area contributed by atoms with Gasteiger partial charge in [0.05, 0.1) is 4.88 Å². The van der Waals surface area contributed by atoms with Gasteiger partial charge in [0, 0.05) is 5.69 Å². The number of carbonyl (C=O) groups is 1. The first-order valence-electron chi connectivity index (χ1n) is 7.25. The van der Waals surface area contributed by atoms with Gasteiger partial charge in [-0.05, 0) is 61.3 Å². The molecule has 3 rings (SSSR count). The average Bonchev–Trinajstić information content (AvgIpc) is 3.18. The fraction of sp³-hybridized carbons (Fsp3) is 0.188. The van der Waals surface area contributed by atoms with Crippen molar-refractivity contribution in [2.24, 2.45) is 0 Å². The molecule has 1 atom stereocenters. The largest absolute Gasteiger partial charge is 0.324 e. The van der Waals surface area contributed by atoms with Crippen LogP contribution in [0.5, 0.6) is 0 Å². The van der Waals surface area contributed by atoms with Gasteiger partial charge in [-0.25, -0.2) is 4.39 Å². The third kappa shape index (κ3) is 3.15. The third-order valence-electron chi connectivity index (χ3n) is 3.66. The highest BCUT2D eigenvalue weighted by atomic mass is 32.1. The molecule has 5 nitrogen and oxygen atoms in total. The minimum Gasteiger partial charge on any atom is -0.324 e. The minimum absolute atomic E-state index is 0.250. The van der Waals surface area contributed by atoms with Gasteiger partial charge in [0.1, 0.15) is 11.9 Å². The SMILES string of the molecule is Cc1cc(F)ccc1NC(=O)[C@H](C)n1c(-c2cccs2)n[nH]c1=S. The van der Waals surface area contributed by atoms with Crippen LogP contribution in [0, 0.1) is 17.5 Å². The zero-order valence-electron chi connectivity index (χ0n) is 13.0. The van der Waals surface area contributed by atoms with Gasteiger partial charge in [-0.15, -0.1) is 11.3 Å². The smallest absolute Gasteiger partial charge is 0.247 e. The predicted molar refractivity (Wildman–Crippen MR) is 95.2 cm³/mol. The molecule has 0 radical (unpaired) electrons. The van der Waals surface area contributed by atoms with Crippen molar-refractivity contribution >= 4 is 35.1 Å². The summed E-state index contributed by atoms with van der Waals surface area (Å²) in [5.41, 5.74) is 1.23. The molecule has 2 N–H and O–H groups in total. The van der Waals surface area contributed by atoms with Gasteiger partial charge in [0.25, 0.3) is 0 Å². The van der Waals surface area contributed by atoms with Crippen molar-refractivity contribution in [3.63, 3.8) is 0 Å². The van der Waals surface area contributed by atoms with E-state index in [1.807, 2.05) is 17.5 Å². The molecule has 2 aromatic heterocycles. The molecule has 0 spiro atoms. The molecule has 0 aliphatic rings. The molecule has 0 unspecified atom stereocenters. The Kier molecular flexibility index (Phi) is 4.59. The van der Waals surface area contributed by atoms with E-state index in [9.17, 15) is 9.18 Å². The molecule has 8 heteroatoms. The summed E-state index contributed by atoms with van der Waals surface area (Å²) < 4.78 is 15.2. The van der Waals surface area contributed by atoms with E-state index in [1.54, 1.807) is 24.5 Å². The fourth-order valence-electron chi connectivity index (χ4n) is 2.37. The molecule has 0 bridgehead atoms. The first kappa shape index (κ1) is 16.5. The number of rotatable bonds is 4. The number of thiophene rings is 1. The summed E-state index contributed by atoms with van der Waals surface area (Å²) in [7, 11) is 0. The van der Waals surface area contributed by atoms with Crippen LogP contribution in [-0.2, 0) is 4.79 Å². The molecule has 0 aliphatic carbocycles. The number of H-pyrrole nitrogens is 1. The quantitative estimate of drug-likeness (QED) is 0.680. The van der Waals surface area contributed by atoms with Crippen molar-refractivity contribution in [3.8, 4) is 10.7 Å². The van der Waals surface area contributed by atoms with Crippen molar-refractivity contribution in [1.29, 1.82) is 0 Å². The summed E-state index contributed by atoms with van der Waals surface area (Å²) >= 11 is 6.79. The van der Waals surface area contributed by atoms with E-state index in [-0.39, 0.29) is 11.7 Å². The Hall–Kier alpha value is -2.32. The molecular formula is C16H15FN4OS2. The number of hydrogen-bond donors (Lipinski definition) is 2. The standard InChI is InChI=1S/C16H15FN4OS2/c1-9-8-11(17)5-6-12(9)18-15(22)10(2)21-14(19-20-16(21)23)13-4-3-7-24-13/h3-8,10H,1-2H3,(H,18,22)(H,20,23)/t10-/m0/s1. The van der Waals surface area contributed by atoms with E-state index < -0.39 is 6.04 Å². The van der Waals surface area contributed by atoms with Crippen LogP contribution in [0.1, 0.15) is 18.5 Å². The number of nitrogens with one attached hydrogen (secondary N) is 2. The average molecular weight is 362 g/mol. The van der Waals surface area contributed by atoms with Crippen LogP contribution >= 0.6 is 23.6 Å². The number of aromatic nitrogens is 3. The molecule has 1 amide bonds. The highest BCUT2D eigenvalue weighted by Crippen LogP contribution is 2.26. The second-order valence-electron chi connectivity index (χ2n) is 5.32. The summed E-state index contributed by atoms with van der Waals surface area (Å²) in [5.74, 6) is 0.0316. The van der Waals surface area contributed by atoms with Crippen LogP contribution in [0.4, 0.5) is 10.1 Å². The molecule has 1 aromatic carbocycles. The Bertz CT molecular complexity index is 930. The highest BCUT2D eigenvalue weighted by Gasteiger charge is 2.21. The predicted octanol–water partition coefficient (Wildman–Crippen LogP) is 4.32. The van der Waals surface area contributed by atoms with Crippen LogP contribution in [0.3, 0.4) is 0 Å². The van der Waals surface area contributed by atoms with Crippen molar-refractivity contribution in [1.82, 2.24) is 14.8 Å². The first-order chi connectivity index (χ1) is 11.5. The zero-order chi connectivity index (χ0) is 17.3. The van der Waals surface area contributed by atoms with E-state index in [0.29, 0.717) is 21.8 Å². The van der Waals surface area contributed by atoms with Crippen LogP contribution < -0.4 is 5.32 Å². The topological polar surface area (TPSA) is 62.7 Å². The maximum Gasteiger partial charge on any atom is 0.247 e. The van der Waals surface area contributed by atoms with Gasteiger partial charge < -0.3 is 5.32 Å². The second-order valence-corrected chi connectivity index (χ2v) is 6.66. The van der Waals surface area contributed by atoms with Gasteiger partial charge in [-0.2, -0.15) is 5.10 Å². The zero-order valence-corrected chi connectivity index (χ0v) is 14.7. The molecule has 24 heavy (non-hydrogen) atoms. The summed E-state index contributed by atoms with van der Waals surface area (Å²) in [5, 5.41) is 11.7. The lowest BCUT2D eigenvalue weighted by Gasteiger charge is -2.16. The molecule has 3 aromatic rings. The van der Waals surface area contributed by atoms with Crippen LogP contribution in [0.15, 0.2) is 35.7 Å². The lowest BCUT2D eigenvalue weighted by Crippen LogP contribution is -2.24. The van der Waals surface area contributed by atoms with E-state index in [4.69, 9.17) is 12.2 Å². The number of hydrogen-bond acceptors (Lipinski definition) is 4. The molecule has 2 heterocycles. The number of aromatic amines is 1. The normalized spacial score (nSPS) is 12.1. The summed E-state index contributed by atoms with van der Waals surface area (Å²) in [6, 6.07) is 7.49. The maximum atomic E-state index is 13.2. The van der Waals surface area contributed by atoms with E-state index in [0.717, 1.165) is 4.88 Å². The van der Waals surface area contributed by atoms with Crippen molar-refractivity contribution in [2.75, 3.05) is 5.32 Å². The van der Waals surface area contributed by atoms with Gasteiger partial charge in [-0.3, -0.25) is 14.5 Å². The van der Waals surface area contributed by atoms with E-state index in [2.05, 4.69) is 15.5 Å². The lowest BCUT2D eigenvalue weighted by molar-refractivity contribution is -0.118. The Morgan fingerprint density at radius 3 is 2.92 bits per heavy atom. The maximum absolute atomic E-state index is 13.2. The van der Waals surface area contributed by atoms with Gasteiger partial charge >= 0.3 is 0 Å². The van der Waals surface area contributed by atoms with Crippen molar-refractivity contribution < 1.29 is 9.18 Å². The minimum atomic E-state index is -0.571. The molecule has 0 aliphatic heterocycles.